The van der Waals surface area contributed by atoms with Crippen molar-refractivity contribution in [2.24, 2.45) is 0 Å². The number of amides is 2. The molecule has 1 spiro atoms. The molecule has 0 aliphatic carbocycles. The fourth-order valence-corrected chi connectivity index (χ4v) is 5.54. The van der Waals surface area contributed by atoms with E-state index in [1.54, 1.807) is 19.2 Å². The number of rotatable bonds is 3. The molecule has 1 fully saturated rings. The summed E-state index contributed by atoms with van der Waals surface area (Å²) in [5.74, 6) is -0.709. The zero-order valence-electron chi connectivity index (χ0n) is 17.9. The van der Waals surface area contributed by atoms with E-state index in [0.717, 1.165) is 11.1 Å². The van der Waals surface area contributed by atoms with Gasteiger partial charge in [0.25, 0.3) is 5.91 Å². The van der Waals surface area contributed by atoms with Crippen LogP contribution < -0.4 is 20.3 Å². The molecule has 33 heavy (non-hydrogen) atoms. The molecule has 3 aliphatic heterocycles. The van der Waals surface area contributed by atoms with Gasteiger partial charge in [-0.05, 0) is 42.0 Å². The van der Waals surface area contributed by atoms with Gasteiger partial charge in [-0.2, -0.15) is 0 Å². The molecule has 164 valence electrons. The van der Waals surface area contributed by atoms with Gasteiger partial charge in [0.2, 0.25) is 5.91 Å². The lowest BCUT2D eigenvalue weighted by atomic mass is 9.88. The summed E-state index contributed by atoms with van der Waals surface area (Å²) < 4.78 is 5.31. The average molecular weight is 439 g/mol. The molecule has 3 aliphatic rings. The second-order valence-corrected chi connectivity index (χ2v) is 8.57. The summed E-state index contributed by atoms with van der Waals surface area (Å²) in [4.78, 5) is 42.3. The van der Waals surface area contributed by atoms with Crippen LogP contribution in [0.4, 0.5) is 17.1 Å². The van der Waals surface area contributed by atoms with Gasteiger partial charge in [-0.1, -0.05) is 36.4 Å². The van der Waals surface area contributed by atoms with Gasteiger partial charge in [-0.15, -0.1) is 0 Å². The Hall–Kier alpha value is -4.13. The van der Waals surface area contributed by atoms with E-state index in [9.17, 15) is 14.4 Å². The maximum absolute atomic E-state index is 13.7. The number of ketones is 1. The second kappa shape index (κ2) is 6.93. The van der Waals surface area contributed by atoms with Crippen molar-refractivity contribution in [2.45, 2.75) is 23.9 Å². The Morgan fingerprint density at radius 3 is 2.33 bits per heavy atom. The highest BCUT2D eigenvalue weighted by atomic mass is 16.5. The molecular formula is C26H21N3O4. The molecule has 0 bridgehead atoms. The van der Waals surface area contributed by atoms with Crippen LogP contribution in [0.25, 0.3) is 0 Å². The van der Waals surface area contributed by atoms with E-state index in [1.807, 2.05) is 65.6 Å². The van der Waals surface area contributed by atoms with Crippen molar-refractivity contribution < 1.29 is 19.1 Å². The molecule has 7 nitrogen and oxygen atoms in total. The van der Waals surface area contributed by atoms with Crippen LogP contribution in [0.5, 0.6) is 5.75 Å². The first-order chi connectivity index (χ1) is 16.0. The van der Waals surface area contributed by atoms with Crippen molar-refractivity contribution in [1.29, 1.82) is 0 Å². The standard InChI is InChI=1S/C26H21N3O4/c1-33-16-12-10-15(11-13-16)29-23(22-17-6-2-4-8-19(17)27-24(22)31)21(30)14-26(29)18-7-3-5-9-20(18)28-25(26)32/h2-13,22-23H,14H2,1H3,(H,27,31)(H,28,32). The van der Waals surface area contributed by atoms with Gasteiger partial charge in [0.05, 0.1) is 13.0 Å². The maximum Gasteiger partial charge on any atom is 0.255 e. The quantitative estimate of drug-likeness (QED) is 0.653. The van der Waals surface area contributed by atoms with Crippen molar-refractivity contribution in [3.8, 4) is 5.75 Å². The molecule has 3 unspecified atom stereocenters. The summed E-state index contributed by atoms with van der Waals surface area (Å²) in [6.45, 7) is 0. The number of hydrogen-bond acceptors (Lipinski definition) is 5. The molecule has 3 atom stereocenters. The third-order valence-corrected chi connectivity index (χ3v) is 6.95. The van der Waals surface area contributed by atoms with E-state index in [0.29, 0.717) is 22.8 Å². The zero-order valence-corrected chi connectivity index (χ0v) is 17.9. The first-order valence-corrected chi connectivity index (χ1v) is 10.8. The van der Waals surface area contributed by atoms with Crippen molar-refractivity contribution >= 4 is 34.7 Å². The Bertz CT molecular complexity index is 1320. The predicted octanol–water partition coefficient (Wildman–Crippen LogP) is 3.43. The fraction of sp³-hybridized carbons (Fsp3) is 0.192. The number of nitrogens with one attached hydrogen (secondary N) is 2. The van der Waals surface area contributed by atoms with Gasteiger partial charge in [0.15, 0.2) is 11.3 Å². The minimum atomic E-state index is -1.23. The van der Waals surface area contributed by atoms with Crippen LogP contribution in [0.1, 0.15) is 23.5 Å². The summed E-state index contributed by atoms with van der Waals surface area (Å²) in [6.07, 6.45) is -0.0154. The fourth-order valence-electron chi connectivity index (χ4n) is 5.54. The molecule has 0 radical (unpaired) electrons. The molecule has 1 saturated heterocycles. The number of para-hydroxylation sites is 2. The summed E-state index contributed by atoms with van der Waals surface area (Å²) >= 11 is 0. The Labute approximate surface area is 190 Å². The number of ether oxygens (including phenoxy) is 1. The molecule has 2 amide bonds. The Morgan fingerprint density at radius 1 is 0.879 bits per heavy atom. The number of nitrogens with zero attached hydrogens (tertiary/aromatic N) is 1. The highest BCUT2D eigenvalue weighted by Gasteiger charge is 2.63. The predicted molar refractivity (Wildman–Crippen MR) is 123 cm³/mol. The van der Waals surface area contributed by atoms with Gasteiger partial charge in [0, 0.05) is 29.0 Å². The van der Waals surface area contributed by atoms with Crippen molar-refractivity contribution in [3.05, 3.63) is 83.9 Å². The Morgan fingerprint density at radius 2 is 1.58 bits per heavy atom. The molecule has 3 heterocycles. The first-order valence-electron chi connectivity index (χ1n) is 10.8. The lowest BCUT2D eigenvalue weighted by molar-refractivity contribution is -0.124. The SMILES string of the molecule is COc1ccc(N2C(C3C(=O)Nc4ccccc43)C(=O)CC23C(=O)Nc2ccccc23)cc1. The number of fused-ring (bicyclic) bond motifs is 3. The van der Waals surface area contributed by atoms with Crippen molar-refractivity contribution in [3.63, 3.8) is 0 Å². The normalized spacial score (nSPS) is 25.1. The monoisotopic (exact) mass is 439 g/mol. The third-order valence-electron chi connectivity index (χ3n) is 6.95. The Kier molecular flexibility index (Phi) is 4.11. The van der Waals surface area contributed by atoms with E-state index in [2.05, 4.69) is 10.6 Å². The van der Waals surface area contributed by atoms with Crippen LogP contribution in [0.15, 0.2) is 72.8 Å². The van der Waals surface area contributed by atoms with E-state index >= 15 is 0 Å². The maximum atomic E-state index is 13.7. The molecule has 6 rings (SSSR count). The molecule has 7 heteroatoms. The van der Waals surface area contributed by atoms with E-state index < -0.39 is 17.5 Å². The number of anilines is 3. The topological polar surface area (TPSA) is 87.7 Å². The van der Waals surface area contributed by atoms with Crippen molar-refractivity contribution in [1.82, 2.24) is 0 Å². The Balaban J connectivity index is 1.58. The number of carbonyl (C=O) groups is 3. The van der Waals surface area contributed by atoms with Crippen LogP contribution in [0, 0.1) is 0 Å². The van der Waals surface area contributed by atoms with Gasteiger partial charge < -0.3 is 20.3 Å². The largest absolute Gasteiger partial charge is 0.497 e. The van der Waals surface area contributed by atoms with Crippen LogP contribution in [-0.4, -0.2) is 30.7 Å². The summed E-state index contributed by atoms with van der Waals surface area (Å²) in [5.41, 5.74) is 2.34. The smallest absolute Gasteiger partial charge is 0.255 e. The molecule has 0 aromatic heterocycles. The molecule has 3 aromatic rings. The van der Waals surface area contributed by atoms with Crippen LogP contribution >= 0.6 is 0 Å². The second-order valence-electron chi connectivity index (χ2n) is 8.57. The number of hydrogen-bond donors (Lipinski definition) is 2. The lowest BCUT2D eigenvalue weighted by Gasteiger charge is -2.39. The summed E-state index contributed by atoms with van der Waals surface area (Å²) in [5, 5.41) is 5.86. The summed E-state index contributed by atoms with van der Waals surface area (Å²) in [7, 11) is 1.58. The number of benzene rings is 3. The minimum absolute atomic E-state index is 0.0154. The van der Waals surface area contributed by atoms with Gasteiger partial charge in [-0.3, -0.25) is 14.4 Å². The van der Waals surface area contributed by atoms with E-state index in [4.69, 9.17) is 4.74 Å². The highest BCUT2D eigenvalue weighted by molar-refractivity contribution is 6.17. The van der Waals surface area contributed by atoms with E-state index in [1.165, 1.54) is 0 Å². The van der Waals surface area contributed by atoms with Crippen LogP contribution in [0.2, 0.25) is 0 Å². The first kappa shape index (κ1) is 19.5. The number of Topliss-reactive ketones (excluding diaryl/α,β-unsaturated/α-hetero) is 1. The molecular weight excluding hydrogens is 418 g/mol. The van der Waals surface area contributed by atoms with Crippen LogP contribution in [-0.2, 0) is 19.9 Å². The number of methoxy groups -OCH3 is 1. The lowest BCUT2D eigenvalue weighted by Crippen LogP contribution is -2.52. The average Bonchev–Trinajstić information content (AvgIpc) is 3.42. The van der Waals surface area contributed by atoms with Crippen molar-refractivity contribution in [2.75, 3.05) is 22.6 Å². The third kappa shape index (κ3) is 2.59. The molecule has 0 saturated carbocycles. The van der Waals surface area contributed by atoms with Gasteiger partial charge in [-0.25, -0.2) is 0 Å². The summed E-state index contributed by atoms with van der Waals surface area (Å²) in [6, 6.07) is 21.3. The van der Waals surface area contributed by atoms with E-state index in [-0.39, 0.29) is 24.0 Å². The highest BCUT2D eigenvalue weighted by Crippen LogP contribution is 2.53. The van der Waals surface area contributed by atoms with Gasteiger partial charge in [0.1, 0.15) is 11.8 Å². The molecule has 3 aromatic carbocycles. The number of carbonyl (C=O) groups excluding carboxylic acids is 3. The zero-order chi connectivity index (χ0) is 22.7. The van der Waals surface area contributed by atoms with Gasteiger partial charge >= 0.3 is 0 Å². The minimum Gasteiger partial charge on any atom is -0.497 e. The van der Waals surface area contributed by atoms with Crippen LogP contribution in [0.3, 0.4) is 0 Å². The molecule has 2 N–H and O–H groups in total.